The lowest BCUT2D eigenvalue weighted by Gasteiger charge is -2.61. The fraction of sp³-hybridized carbons (Fsp3) is 0.931. The first-order valence-corrected chi connectivity index (χ1v) is 13.7. The molecule has 4 aliphatic carbocycles. The summed E-state index contributed by atoms with van der Waals surface area (Å²) in [7, 11) is 0. The number of aliphatic hydroxyl groups is 1. The van der Waals surface area contributed by atoms with Gasteiger partial charge >= 0.3 is 0 Å². The zero-order chi connectivity index (χ0) is 21.5. The largest absolute Gasteiger partial charge is 0.513 e. The zero-order valence-electron chi connectivity index (χ0n) is 20.8. The van der Waals surface area contributed by atoms with E-state index in [1.54, 1.807) is 6.42 Å². The first-order chi connectivity index (χ1) is 14.3. The molecule has 0 radical (unpaired) electrons. The molecule has 1 nitrogen and oxygen atoms in total. The molecular formula is C29H50O. The van der Waals surface area contributed by atoms with Gasteiger partial charge in [-0.05, 0) is 129 Å². The first-order valence-electron chi connectivity index (χ1n) is 13.7. The summed E-state index contributed by atoms with van der Waals surface area (Å²) < 4.78 is 0. The minimum absolute atomic E-state index is 0.572. The second-order valence-electron chi connectivity index (χ2n) is 12.5. The van der Waals surface area contributed by atoms with Crippen molar-refractivity contribution < 1.29 is 5.11 Å². The van der Waals surface area contributed by atoms with Gasteiger partial charge in [0, 0.05) is 0 Å². The van der Waals surface area contributed by atoms with Gasteiger partial charge in [-0.25, -0.2) is 0 Å². The maximum atomic E-state index is 9.88. The molecule has 0 saturated heterocycles. The van der Waals surface area contributed by atoms with Crippen LogP contribution < -0.4 is 0 Å². The van der Waals surface area contributed by atoms with Crippen molar-refractivity contribution >= 4 is 0 Å². The van der Waals surface area contributed by atoms with E-state index in [1.807, 2.05) is 6.92 Å². The molecule has 0 aromatic carbocycles. The summed E-state index contributed by atoms with van der Waals surface area (Å²) >= 11 is 0. The number of hydrogen-bond donors (Lipinski definition) is 1. The molecule has 0 spiro atoms. The van der Waals surface area contributed by atoms with Crippen LogP contribution in [0.1, 0.15) is 125 Å². The second kappa shape index (κ2) is 8.82. The zero-order valence-corrected chi connectivity index (χ0v) is 20.8. The fourth-order valence-electron chi connectivity index (χ4n) is 9.72. The molecule has 0 aromatic rings. The van der Waals surface area contributed by atoms with Crippen molar-refractivity contribution in [2.24, 2.45) is 46.3 Å². The Hall–Kier alpha value is -0.460. The van der Waals surface area contributed by atoms with E-state index in [1.165, 1.54) is 76.2 Å². The predicted molar refractivity (Wildman–Crippen MR) is 128 cm³/mol. The minimum Gasteiger partial charge on any atom is -0.513 e. The monoisotopic (exact) mass is 414 g/mol. The molecule has 1 heteroatoms. The topological polar surface area (TPSA) is 20.2 Å². The Kier molecular flexibility index (Phi) is 6.68. The van der Waals surface area contributed by atoms with E-state index in [-0.39, 0.29) is 0 Å². The summed E-state index contributed by atoms with van der Waals surface area (Å²) in [5.41, 5.74) is 2.56. The van der Waals surface area contributed by atoms with E-state index in [0.717, 1.165) is 48.3 Å². The Labute approximate surface area is 187 Å². The van der Waals surface area contributed by atoms with Gasteiger partial charge in [0.2, 0.25) is 0 Å². The highest BCUT2D eigenvalue weighted by Gasteiger charge is 2.59. The number of rotatable bonds is 6. The molecule has 0 bridgehead atoms. The van der Waals surface area contributed by atoms with E-state index >= 15 is 0 Å². The molecule has 0 heterocycles. The molecular weight excluding hydrogens is 364 g/mol. The van der Waals surface area contributed by atoms with Crippen LogP contribution in [0.5, 0.6) is 0 Å². The molecule has 1 unspecified atom stereocenters. The fourth-order valence-corrected chi connectivity index (χ4v) is 9.72. The number of aliphatic hydroxyl groups excluding tert-OH is 1. The van der Waals surface area contributed by atoms with Crippen LogP contribution in [-0.4, -0.2) is 5.11 Å². The second-order valence-corrected chi connectivity index (χ2v) is 12.5. The quantitative estimate of drug-likeness (QED) is 0.430. The normalized spacial score (nSPS) is 45.2. The van der Waals surface area contributed by atoms with Crippen molar-refractivity contribution in [1.29, 1.82) is 0 Å². The Bertz CT molecular complexity index is 630. The molecule has 0 amide bonds. The molecule has 30 heavy (non-hydrogen) atoms. The molecule has 4 rings (SSSR count). The van der Waals surface area contributed by atoms with Gasteiger partial charge in [-0.15, -0.1) is 0 Å². The average molecular weight is 415 g/mol. The van der Waals surface area contributed by atoms with Crippen molar-refractivity contribution in [2.75, 3.05) is 0 Å². The van der Waals surface area contributed by atoms with Gasteiger partial charge < -0.3 is 5.11 Å². The van der Waals surface area contributed by atoms with Crippen LogP contribution in [0.15, 0.2) is 11.3 Å². The van der Waals surface area contributed by atoms with Crippen LogP contribution in [0.2, 0.25) is 0 Å². The van der Waals surface area contributed by atoms with Crippen LogP contribution in [0, 0.1) is 46.3 Å². The maximum absolute atomic E-state index is 9.88. The highest BCUT2D eigenvalue weighted by atomic mass is 16.3. The van der Waals surface area contributed by atoms with Crippen molar-refractivity contribution in [1.82, 2.24) is 0 Å². The summed E-state index contributed by atoms with van der Waals surface area (Å²) in [6.45, 7) is 12.0. The summed E-state index contributed by atoms with van der Waals surface area (Å²) in [4.78, 5) is 0. The van der Waals surface area contributed by atoms with Crippen LogP contribution in [0.25, 0.3) is 0 Å². The van der Waals surface area contributed by atoms with Crippen molar-refractivity contribution in [3.63, 3.8) is 0 Å². The highest BCUT2D eigenvalue weighted by molar-refractivity contribution is 5.09. The molecule has 4 saturated carbocycles. The summed E-state index contributed by atoms with van der Waals surface area (Å²) in [6.07, 6.45) is 19.9. The smallest absolute Gasteiger partial charge is 0.0883 e. The van der Waals surface area contributed by atoms with Crippen molar-refractivity contribution in [3.05, 3.63) is 11.3 Å². The molecule has 0 aromatic heterocycles. The van der Waals surface area contributed by atoms with Gasteiger partial charge in [0.05, 0.1) is 5.76 Å². The Morgan fingerprint density at radius 2 is 1.70 bits per heavy atom. The molecule has 1 N–H and O–H groups in total. The molecule has 8 atom stereocenters. The van der Waals surface area contributed by atoms with Crippen LogP contribution in [-0.2, 0) is 0 Å². The van der Waals surface area contributed by atoms with Gasteiger partial charge in [0.1, 0.15) is 0 Å². The van der Waals surface area contributed by atoms with Gasteiger partial charge in [0.15, 0.2) is 0 Å². The number of hydrogen-bond acceptors (Lipinski definition) is 1. The van der Waals surface area contributed by atoms with Crippen molar-refractivity contribution in [3.8, 4) is 0 Å². The van der Waals surface area contributed by atoms with E-state index in [9.17, 15) is 5.11 Å². The summed E-state index contributed by atoms with van der Waals surface area (Å²) in [6, 6.07) is 0. The van der Waals surface area contributed by atoms with Crippen LogP contribution >= 0.6 is 0 Å². The summed E-state index contributed by atoms with van der Waals surface area (Å²) in [5.74, 6) is 6.47. The number of allylic oxidation sites excluding steroid dienone is 2. The average Bonchev–Trinajstić information content (AvgIpc) is 3.07. The van der Waals surface area contributed by atoms with Gasteiger partial charge in [-0.3, -0.25) is 0 Å². The van der Waals surface area contributed by atoms with E-state index in [0.29, 0.717) is 16.6 Å². The lowest BCUT2D eigenvalue weighted by Crippen LogP contribution is -2.53. The Balaban J connectivity index is 1.42. The van der Waals surface area contributed by atoms with Crippen LogP contribution in [0.4, 0.5) is 0 Å². The predicted octanol–water partition coefficient (Wildman–Crippen LogP) is 9.08. The Morgan fingerprint density at radius 3 is 2.43 bits per heavy atom. The van der Waals surface area contributed by atoms with Crippen LogP contribution in [0.3, 0.4) is 0 Å². The van der Waals surface area contributed by atoms with Gasteiger partial charge in [-0.2, -0.15) is 0 Å². The lowest BCUT2D eigenvalue weighted by molar-refractivity contribution is -0.114. The van der Waals surface area contributed by atoms with Gasteiger partial charge in [-0.1, -0.05) is 47.0 Å². The third-order valence-corrected chi connectivity index (χ3v) is 11.4. The molecule has 172 valence electrons. The minimum atomic E-state index is 0.572. The summed E-state index contributed by atoms with van der Waals surface area (Å²) in [5, 5.41) is 9.88. The molecule has 4 aliphatic rings. The highest BCUT2D eigenvalue weighted by Crippen LogP contribution is 2.68. The third-order valence-electron chi connectivity index (χ3n) is 11.4. The van der Waals surface area contributed by atoms with E-state index in [4.69, 9.17) is 0 Å². The van der Waals surface area contributed by atoms with E-state index in [2.05, 4.69) is 27.7 Å². The first kappa shape index (κ1) is 22.7. The molecule has 4 fully saturated rings. The van der Waals surface area contributed by atoms with Crippen molar-refractivity contribution in [2.45, 2.75) is 125 Å². The third kappa shape index (κ3) is 3.79. The number of fused-ring (bicyclic) bond motifs is 5. The standard InChI is InChI=1S/C29H50O/c1-6-22(21(3)30)11-9-10-20(2)25-15-16-26-24-14-13-23-12-7-8-18-28(23,4)27(24)17-19-29(25,26)5/h20,23-27,30H,6-19H2,1-5H3/t20-,23?,24+,25-,26+,27+,28+,29-/m1/s1. The molecule has 0 aliphatic heterocycles. The Morgan fingerprint density at radius 1 is 0.933 bits per heavy atom. The SMILES string of the molecule is CCC(CCC[C@@H](C)[C@H]1CC[C@H]2[C@@H]3CCC4CCCC[C@]4(C)[C@H]3CC[C@]12C)=C(C)O. The lowest BCUT2D eigenvalue weighted by atomic mass is 9.44. The van der Waals surface area contributed by atoms with E-state index < -0.39 is 0 Å². The van der Waals surface area contributed by atoms with Gasteiger partial charge in [0.25, 0.3) is 0 Å². The maximum Gasteiger partial charge on any atom is 0.0883 e.